The van der Waals surface area contributed by atoms with E-state index in [-0.39, 0.29) is 11.3 Å². The molecule has 20 heavy (non-hydrogen) atoms. The zero-order chi connectivity index (χ0) is 15.5. The summed E-state index contributed by atoms with van der Waals surface area (Å²) in [5.74, 6) is -1.48. The van der Waals surface area contributed by atoms with E-state index in [0.29, 0.717) is 5.69 Å². The van der Waals surface area contributed by atoms with E-state index in [1.54, 1.807) is 7.05 Å². The van der Waals surface area contributed by atoms with Gasteiger partial charge in [0.25, 0.3) is 11.6 Å². The summed E-state index contributed by atoms with van der Waals surface area (Å²) in [6, 6.07) is 4.04. The summed E-state index contributed by atoms with van der Waals surface area (Å²) in [5.41, 5.74) is 3.90. The lowest BCUT2D eigenvalue weighted by Crippen LogP contribution is -2.53. The van der Waals surface area contributed by atoms with Crippen LogP contribution in [-0.4, -0.2) is 29.3 Å². The largest absolute Gasteiger partial charge is 0.388 e. The Balaban J connectivity index is 3.20. The monoisotopic (exact) mass is 280 g/mol. The van der Waals surface area contributed by atoms with Crippen molar-refractivity contribution < 1.29 is 14.5 Å². The van der Waals surface area contributed by atoms with Crippen molar-refractivity contribution in [3.05, 3.63) is 33.9 Å². The highest BCUT2D eigenvalue weighted by molar-refractivity contribution is 6.02. The average molecular weight is 280 g/mol. The third-order valence-corrected chi connectivity index (χ3v) is 2.77. The second-order valence-electron chi connectivity index (χ2n) is 4.68. The Bertz CT molecular complexity index is 569. The van der Waals surface area contributed by atoms with E-state index in [2.05, 4.69) is 10.6 Å². The number of amides is 2. The number of primary amides is 1. The molecule has 0 saturated heterocycles. The molecule has 0 heterocycles. The Labute approximate surface area is 115 Å². The van der Waals surface area contributed by atoms with Crippen molar-refractivity contribution >= 4 is 23.2 Å². The van der Waals surface area contributed by atoms with Gasteiger partial charge >= 0.3 is 0 Å². The fraction of sp³-hybridized carbons (Fsp3) is 0.333. The summed E-state index contributed by atoms with van der Waals surface area (Å²) >= 11 is 0. The molecule has 4 N–H and O–H groups in total. The van der Waals surface area contributed by atoms with Crippen LogP contribution in [0.15, 0.2) is 18.2 Å². The molecule has 0 atom stereocenters. The lowest BCUT2D eigenvalue weighted by Gasteiger charge is -2.22. The first-order valence-electron chi connectivity index (χ1n) is 5.77. The highest BCUT2D eigenvalue weighted by Gasteiger charge is 2.30. The van der Waals surface area contributed by atoms with Gasteiger partial charge in [0, 0.05) is 18.8 Å². The van der Waals surface area contributed by atoms with Gasteiger partial charge in [-0.3, -0.25) is 19.7 Å². The summed E-state index contributed by atoms with van der Waals surface area (Å²) in [6.07, 6.45) is 0. The summed E-state index contributed by atoms with van der Waals surface area (Å²) in [5, 5.41) is 16.1. The topological polar surface area (TPSA) is 127 Å². The lowest BCUT2D eigenvalue weighted by atomic mass is 10.0. The maximum absolute atomic E-state index is 12.1. The van der Waals surface area contributed by atoms with Crippen molar-refractivity contribution in [1.29, 1.82) is 0 Å². The number of nitrogens with zero attached hydrogens (tertiary/aromatic N) is 1. The molecule has 1 rings (SSSR count). The first-order chi connectivity index (χ1) is 9.19. The van der Waals surface area contributed by atoms with E-state index >= 15 is 0 Å². The van der Waals surface area contributed by atoms with Crippen molar-refractivity contribution in [3.8, 4) is 0 Å². The molecule has 0 aliphatic heterocycles. The molecule has 0 spiro atoms. The molecule has 0 aliphatic carbocycles. The number of carbonyl (C=O) groups is 2. The highest BCUT2D eigenvalue weighted by Crippen LogP contribution is 2.23. The van der Waals surface area contributed by atoms with Crippen LogP contribution in [0.25, 0.3) is 0 Å². The minimum atomic E-state index is -1.30. The molecule has 0 bridgehead atoms. The summed E-state index contributed by atoms with van der Waals surface area (Å²) in [4.78, 5) is 33.6. The van der Waals surface area contributed by atoms with Gasteiger partial charge in [-0.2, -0.15) is 0 Å². The zero-order valence-electron chi connectivity index (χ0n) is 11.4. The fourth-order valence-corrected chi connectivity index (χ4v) is 1.45. The van der Waals surface area contributed by atoms with Crippen LogP contribution in [0.2, 0.25) is 0 Å². The molecule has 2 amide bonds. The van der Waals surface area contributed by atoms with Crippen molar-refractivity contribution in [3.63, 3.8) is 0 Å². The predicted octanol–water partition coefficient (Wildman–Crippen LogP) is 0.630. The van der Waals surface area contributed by atoms with Gasteiger partial charge in [0.05, 0.1) is 4.92 Å². The summed E-state index contributed by atoms with van der Waals surface area (Å²) in [7, 11) is 1.62. The molecule has 8 heteroatoms. The fourth-order valence-electron chi connectivity index (χ4n) is 1.45. The Morgan fingerprint density at radius 1 is 1.35 bits per heavy atom. The number of benzene rings is 1. The number of nitrogens with one attached hydrogen (secondary N) is 2. The van der Waals surface area contributed by atoms with Crippen LogP contribution >= 0.6 is 0 Å². The van der Waals surface area contributed by atoms with Crippen LogP contribution in [0.5, 0.6) is 0 Å². The van der Waals surface area contributed by atoms with Gasteiger partial charge in [0.1, 0.15) is 11.1 Å². The maximum atomic E-state index is 12.1. The highest BCUT2D eigenvalue weighted by atomic mass is 16.6. The number of anilines is 1. The van der Waals surface area contributed by atoms with Crippen molar-refractivity contribution in [2.24, 2.45) is 5.73 Å². The molecule has 8 nitrogen and oxygen atoms in total. The molecule has 108 valence electrons. The molecule has 0 aromatic heterocycles. The van der Waals surface area contributed by atoms with Gasteiger partial charge in [-0.25, -0.2) is 0 Å². The van der Waals surface area contributed by atoms with Gasteiger partial charge < -0.3 is 16.4 Å². The Kier molecular flexibility index (Phi) is 4.28. The first kappa shape index (κ1) is 15.4. The zero-order valence-corrected chi connectivity index (χ0v) is 11.4. The second-order valence-corrected chi connectivity index (χ2v) is 4.68. The molecular formula is C12H16N4O4. The average Bonchev–Trinajstić information content (AvgIpc) is 2.37. The van der Waals surface area contributed by atoms with E-state index in [9.17, 15) is 19.7 Å². The predicted molar refractivity (Wildman–Crippen MR) is 73.4 cm³/mol. The van der Waals surface area contributed by atoms with E-state index < -0.39 is 22.3 Å². The van der Waals surface area contributed by atoms with Crippen LogP contribution in [0.4, 0.5) is 11.4 Å². The molecule has 1 aromatic rings. The minimum absolute atomic E-state index is 0.142. The maximum Gasteiger partial charge on any atom is 0.282 e. The van der Waals surface area contributed by atoms with Crippen LogP contribution in [0.1, 0.15) is 24.2 Å². The smallest absolute Gasteiger partial charge is 0.282 e. The number of rotatable bonds is 5. The van der Waals surface area contributed by atoms with Gasteiger partial charge in [-0.05, 0) is 26.0 Å². The van der Waals surface area contributed by atoms with E-state index in [1.807, 2.05) is 0 Å². The van der Waals surface area contributed by atoms with Crippen LogP contribution in [-0.2, 0) is 4.79 Å². The van der Waals surface area contributed by atoms with Crippen LogP contribution < -0.4 is 16.4 Å². The SMILES string of the molecule is CNc1ccc([N+](=O)[O-])c(C(=O)NC(C)(C)C(N)=O)c1. The Hall–Kier alpha value is -2.64. The van der Waals surface area contributed by atoms with Crippen molar-refractivity contribution in [2.45, 2.75) is 19.4 Å². The first-order valence-corrected chi connectivity index (χ1v) is 5.77. The number of hydrogen-bond donors (Lipinski definition) is 3. The standard InChI is InChI=1S/C12H16N4O4/c1-12(2,11(13)18)15-10(17)8-6-7(14-3)4-5-9(8)16(19)20/h4-6,14H,1-3H3,(H2,13,18)(H,15,17). The summed E-state index contributed by atoms with van der Waals surface area (Å²) in [6.45, 7) is 2.84. The van der Waals surface area contributed by atoms with E-state index in [0.717, 1.165) is 0 Å². The van der Waals surface area contributed by atoms with E-state index in [4.69, 9.17) is 5.73 Å². The van der Waals surface area contributed by atoms with Crippen LogP contribution in [0.3, 0.4) is 0 Å². The third-order valence-electron chi connectivity index (χ3n) is 2.77. The van der Waals surface area contributed by atoms with Gasteiger partial charge in [-0.1, -0.05) is 0 Å². The van der Waals surface area contributed by atoms with Crippen molar-refractivity contribution in [1.82, 2.24) is 5.32 Å². The minimum Gasteiger partial charge on any atom is -0.388 e. The van der Waals surface area contributed by atoms with Gasteiger partial charge in [0.15, 0.2) is 0 Å². The third kappa shape index (κ3) is 3.22. The molecule has 0 saturated carbocycles. The van der Waals surface area contributed by atoms with E-state index in [1.165, 1.54) is 32.0 Å². The number of nitrogens with two attached hydrogens (primary N) is 1. The number of nitro groups is 1. The number of carbonyl (C=O) groups excluding carboxylic acids is 2. The molecule has 1 aromatic carbocycles. The Morgan fingerprint density at radius 2 is 1.95 bits per heavy atom. The second kappa shape index (κ2) is 5.55. The quantitative estimate of drug-likeness (QED) is 0.538. The van der Waals surface area contributed by atoms with Crippen molar-refractivity contribution in [2.75, 3.05) is 12.4 Å². The number of nitro benzene ring substituents is 1. The van der Waals surface area contributed by atoms with Gasteiger partial charge in [-0.15, -0.1) is 0 Å². The molecule has 0 radical (unpaired) electrons. The molecule has 0 aliphatic rings. The van der Waals surface area contributed by atoms with Crippen LogP contribution in [0, 0.1) is 10.1 Å². The molecule has 0 unspecified atom stereocenters. The lowest BCUT2D eigenvalue weighted by molar-refractivity contribution is -0.385. The summed E-state index contributed by atoms with van der Waals surface area (Å²) < 4.78 is 0. The van der Waals surface area contributed by atoms with Gasteiger partial charge in [0.2, 0.25) is 5.91 Å². The Morgan fingerprint density at radius 3 is 2.40 bits per heavy atom. The molecular weight excluding hydrogens is 264 g/mol. The normalized spacial score (nSPS) is 10.8. The number of hydrogen-bond acceptors (Lipinski definition) is 5. The molecule has 0 fully saturated rings.